The van der Waals surface area contributed by atoms with Crippen LogP contribution < -0.4 is 9.46 Å². The summed E-state index contributed by atoms with van der Waals surface area (Å²) in [6, 6.07) is 6.49. The standard InChI is InChI=1S/C15H16N2O4S2/c1-10-16-14(9-22-10)23(19,20)17-15(18)12-3-2-4-13(7-12)21-8-11-5-6-11/h2-4,7,9,11H,5-6,8H2,1H3,(H,17,18). The summed E-state index contributed by atoms with van der Waals surface area (Å²) in [5, 5.41) is 1.88. The number of nitrogens with zero attached hydrogens (tertiary/aromatic N) is 1. The number of carbonyl (C=O) groups excluding carboxylic acids is 1. The first-order chi connectivity index (χ1) is 10.9. The quantitative estimate of drug-likeness (QED) is 0.862. The third-order valence-electron chi connectivity index (χ3n) is 3.38. The number of ether oxygens (including phenoxy) is 1. The second-order valence-corrected chi connectivity index (χ2v) is 8.11. The molecule has 3 rings (SSSR count). The van der Waals surface area contributed by atoms with Gasteiger partial charge in [-0.2, -0.15) is 8.42 Å². The average Bonchev–Trinajstić information content (AvgIpc) is 3.24. The third-order valence-corrected chi connectivity index (χ3v) is 5.52. The van der Waals surface area contributed by atoms with Crippen LogP contribution in [0.3, 0.4) is 0 Å². The maximum absolute atomic E-state index is 12.2. The van der Waals surface area contributed by atoms with Crippen LogP contribution in [-0.2, 0) is 10.0 Å². The zero-order valence-electron chi connectivity index (χ0n) is 12.5. The lowest BCUT2D eigenvalue weighted by atomic mass is 10.2. The summed E-state index contributed by atoms with van der Waals surface area (Å²) in [5.41, 5.74) is 0.230. The van der Waals surface area contributed by atoms with E-state index < -0.39 is 15.9 Å². The second-order valence-electron chi connectivity index (χ2n) is 5.42. The molecule has 0 spiro atoms. The van der Waals surface area contributed by atoms with Crippen molar-refractivity contribution in [2.75, 3.05) is 6.61 Å². The molecule has 2 aromatic rings. The van der Waals surface area contributed by atoms with E-state index in [1.54, 1.807) is 31.2 Å². The smallest absolute Gasteiger partial charge is 0.282 e. The van der Waals surface area contributed by atoms with Crippen molar-refractivity contribution in [1.82, 2.24) is 9.71 Å². The van der Waals surface area contributed by atoms with Gasteiger partial charge in [0.05, 0.1) is 11.6 Å². The highest BCUT2D eigenvalue weighted by molar-refractivity contribution is 7.90. The number of benzene rings is 1. The highest BCUT2D eigenvalue weighted by Crippen LogP contribution is 2.29. The zero-order chi connectivity index (χ0) is 16.4. The van der Waals surface area contributed by atoms with Crippen LogP contribution >= 0.6 is 11.3 Å². The van der Waals surface area contributed by atoms with Crippen LogP contribution in [0.1, 0.15) is 28.2 Å². The Morgan fingerprint density at radius 2 is 2.22 bits per heavy atom. The van der Waals surface area contributed by atoms with Crippen molar-refractivity contribution >= 4 is 27.3 Å². The molecule has 1 aliphatic rings. The first kappa shape index (κ1) is 15.9. The highest BCUT2D eigenvalue weighted by Gasteiger charge is 2.23. The van der Waals surface area contributed by atoms with E-state index in [-0.39, 0.29) is 10.6 Å². The topological polar surface area (TPSA) is 85.4 Å². The van der Waals surface area contributed by atoms with Crippen LogP contribution in [-0.4, -0.2) is 25.9 Å². The number of amides is 1. The number of aromatic nitrogens is 1. The lowest BCUT2D eigenvalue weighted by Crippen LogP contribution is -2.30. The molecule has 1 amide bonds. The minimum absolute atomic E-state index is 0.144. The molecule has 23 heavy (non-hydrogen) atoms. The second kappa shape index (κ2) is 6.29. The minimum Gasteiger partial charge on any atom is -0.493 e. The van der Waals surface area contributed by atoms with Gasteiger partial charge in [0.1, 0.15) is 5.75 Å². The molecule has 1 aliphatic carbocycles. The summed E-state index contributed by atoms with van der Waals surface area (Å²) in [7, 11) is -3.96. The SMILES string of the molecule is Cc1nc(S(=O)(=O)NC(=O)c2cccc(OCC3CC3)c2)cs1. The molecule has 0 saturated heterocycles. The number of aryl methyl sites for hydroxylation is 1. The van der Waals surface area contributed by atoms with Crippen molar-refractivity contribution in [2.24, 2.45) is 5.92 Å². The van der Waals surface area contributed by atoms with Crippen molar-refractivity contribution in [2.45, 2.75) is 24.8 Å². The van der Waals surface area contributed by atoms with Gasteiger partial charge >= 0.3 is 0 Å². The Labute approximate surface area is 138 Å². The van der Waals surface area contributed by atoms with Crippen LogP contribution in [0, 0.1) is 12.8 Å². The maximum Gasteiger partial charge on any atom is 0.282 e. The van der Waals surface area contributed by atoms with Crippen LogP contribution in [0.5, 0.6) is 5.75 Å². The molecule has 0 atom stereocenters. The number of nitrogens with one attached hydrogen (secondary N) is 1. The van der Waals surface area contributed by atoms with E-state index in [1.165, 1.54) is 29.6 Å². The highest BCUT2D eigenvalue weighted by atomic mass is 32.2. The van der Waals surface area contributed by atoms with E-state index in [9.17, 15) is 13.2 Å². The molecule has 1 aromatic heterocycles. The van der Waals surface area contributed by atoms with E-state index in [0.717, 1.165) is 0 Å². The molecule has 8 heteroatoms. The summed E-state index contributed by atoms with van der Waals surface area (Å²) >= 11 is 1.21. The van der Waals surface area contributed by atoms with Crippen molar-refractivity contribution < 1.29 is 17.9 Å². The summed E-state index contributed by atoms with van der Waals surface area (Å²) in [5.74, 6) is 0.458. The van der Waals surface area contributed by atoms with E-state index in [2.05, 4.69) is 4.98 Å². The number of carbonyl (C=O) groups is 1. The van der Waals surface area contributed by atoms with Crippen molar-refractivity contribution in [3.05, 3.63) is 40.2 Å². The molecule has 0 aliphatic heterocycles. The number of rotatable bonds is 6. The maximum atomic E-state index is 12.2. The molecule has 0 radical (unpaired) electrons. The van der Waals surface area contributed by atoms with Crippen LogP contribution in [0.15, 0.2) is 34.7 Å². The summed E-state index contributed by atoms with van der Waals surface area (Å²) < 4.78 is 31.9. The van der Waals surface area contributed by atoms with Gasteiger partial charge in [-0.25, -0.2) is 9.71 Å². The predicted molar refractivity (Wildman–Crippen MR) is 86.2 cm³/mol. The molecule has 0 bridgehead atoms. The molecule has 122 valence electrons. The molecular weight excluding hydrogens is 336 g/mol. The van der Waals surface area contributed by atoms with Crippen molar-refractivity contribution in [3.8, 4) is 5.75 Å². The van der Waals surface area contributed by atoms with Crippen molar-refractivity contribution in [1.29, 1.82) is 0 Å². The van der Waals surface area contributed by atoms with Gasteiger partial charge in [0.25, 0.3) is 15.9 Å². The van der Waals surface area contributed by atoms with Gasteiger partial charge in [-0.3, -0.25) is 4.79 Å². The van der Waals surface area contributed by atoms with Crippen molar-refractivity contribution in [3.63, 3.8) is 0 Å². The van der Waals surface area contributed by atoms with Gasteiger partial charge < -0.3 is 4.74 Å². The fourth-order valence-electron chi connectivity index (χ4n) is 1.93. The Bertz CT molecular complexity index is 826. The lowest BCUT2D eigenvalue weighted by molar-refractivity contribution is 0.0981. The normalized spacial score (nSPS) is 14.5. The Hall–Kier alpha value is -1.93. The number of hydrogen-bond donors (Lipinski definition) is 1. The summed E-state index contributed by atoms with van der Waals surface area (Å²) in [6.45, 7) is 2.33. The molecular formula is C15H16N2O4S2. The van der Waals surface area contributed by atoms with E-state index in [1.807, 2.05) is 4.72 Å². The Morgan fingerprint density at radius 3 is 2.87 bits per heavy atom. The minimum atomic E-state index is -3.96. The molecule has 0 unspecified atom stereocenters. The Kier molecular flexibility index (Phi) is 4.36. The van der Waals surface area contributed by atoms with E-state index in [4.69, 9.17) is 4.74 Å². The molecule has 1 N–H and O–H groups in total. The van der Waals surface area contributed by atoms with Gasteiger partial charge in [0.2, 0.25) is 0 Å². The van der Waals surface area contributed by atoms with Crippen LogP contribution in [0.2, 0.25) is 0 Å². The number of sulfonamides is 1. The largest absolute Gasteiger partial charge is 0.493 e. The first-order valence-electron chi connectivity index (χ1n) is 7.16. The molecule has 1 aromatic carbocycles. The number of hydrogen-bond acceptors (Lipinski definition) is 6. The van der Waals surface area contributed by atoms with Gasteiger partial charge in [-0.1, -0.05) is 6.07 Å². The zero-order valence-corrected chi connectivity index (χ0v) is 14.1. The fourth-order valence-corrected chi connectivity index (χ4v) is 3.83. The van der Waals surface area contributed by atoms with Gasteiger partial charge in [0, 0.05) is 10.9 Å². The first-order valence-corrected chi connectivity index (χ1v) is 9.52. The monoisotopic (exact) mass is 352 g/mol. The van der Waals surface area contributed by atoms with Crippen LogP contribution in [0.4, 0.5) is 0 Å². The van der Waals surface area contributed by atoms with Gasteiger partial charge in [-0.15, -0.1) is 11.3 Å². The predicted octanol–water partition coefficient (Wildman–Crippen LogP) is 2.36. The van der Waals surface area contributed by atoms with Crippen LogP contribution in [0.25, 0.3) is 0 Å². The van der Waals surface area contributed by atoms with E-state index >= 15 is 0 Å². The molecule has 1 saturated carbocycles. The van der Waals surface area contributed by atoms with Gasteiger partial charge in [-0.05, 0) is 43.9 Å². The summed E-state index contributed by atoms with van der Waals surface area (Å²) in [6.07, 6.45) is 2.34. The molecule has 1 fully saturated rings. The van der Waals surface area contributed by atoms with Gasteiger partial charge in [0.15, 0.2) is 5.03 Å². The molecule has 1 heterocycles. The Balaban J connectivity index is 1.71. The van der Waals surface area contributed by atoms with E-state index in [0.29, 0.717) is 23.3 Å². The fraction of sp³-hybridized carbons (Fsp3) is 0.333. The Morgan fingerprint density at radius 1 is 1.43 bits per heavy atom. The molecule has 6 nitrogen and oxygen atoms in total. The number of thiazole rings is 1. The lowest BCUT2D eigenvalue weighted by Gasteiger charge is -2.08. The summed E-state index contributed by atoms with van der Waals surface area (Å²) in [4.78, 5) is 16.1. The average molecular weight is 352 g/mol. The third kappa shape index (κ3) is 4.08.